The molecule has 4 nitrogen and oxygen atoms in total. The van der Waals surface area contributed by atoms with Crippen LogP contribution in [0.15, 0.2) is 11.4 Å². The Bertz CT molecular complexity index is 528. The van der Waals surface area contributed by atoms with Crippen LogP contribution in [0.1, 0.15) is 10.4 Å². The SMILES string of the molecule is O=S(=O)(NCc1cc(C#CCO)cs1)C(F)F. The Balaban J connectivity index is 2.62. The van der Waals surface area contributed by atoms with Crippen molar-refractivity contribution in [3.8, 4) is 11.8 Å². The quantitative estimate of drug-likeness (QED) is 0.800. The zero-order valence-electron chi connectivity index (χ0n) is 8.48. The first-order valence-corrected chi connectivity index (χ1v) is 6.82. The Hall–Kier alpha value is -1.01. The van der Waals surface area contributed by atoms with Crippen LogP contribution in [0.5, 0.6) is 0 Å². The van der Waals surface area contributed by atoms with E-state index in [0.29, 0.717) is 10.4 Å². The highest BCUT2D eigenvalue weighted by atomic mass is 32.2. The summed E-state index contributed by atoms with van der Waals surface area (Å²) in [5.74, 6) is 1.61. The maximum atomic E-state index is 12.0. The lowest BCUT2D eigenvalue weighted by atomic mass is 10.3. The third-order valence-electron chi connectivity index (χ3n) is 1.65. The summed E-state index contributed by atoms with van der Waals surface area (Å²) in [7, 11) is -4.56. The van der Waals surface area contributed by atoms with Crippen molar-refractivity contribution in [2.45, 2.75) is 12.3 Å². The van der Waals surface area contributed by atoms with Gasteiger partial charge >= 0.3 is 5.76 Å². The monoisotopic (exact) mass is 281 g/mol. The average molecular weight is 281 g/mol. The molecule has 1 aromatic heterocycles. The molecular formula is C9H9F2NO3S2. The van der Waals surface area contributed by atoms with Crippen molar-refractivity contribution in [2.75, 3.05) is 6.61 Å². The van der Waals surface area contributed by atoms with Gasteiger partial charge < -0.3 is 5.11 Å². The molecule has 0 saturated heterocycles. The molecule has 0 aliphatic rings. The molecule has 0 fully saturated rings. The van der Waals surface area contributed by atoms with Crippen molar-refractivity contribution in [2.24, 2.45) is 0 Å². The summed E-state index contributed by atoms with van der Waals surface area (Å²) in [5, 5.41) is 10.1. The molecule has 17 heavy (non-hydrogen) atoms. The molecule has 0 atom stereocenters. The molecule has 2 N–H and O–H groups in total. The maximum Gasteiger partial charge on any atom is 0.350 e. The van der Waals surface area contributed by atoms with Gasteiger partial charge in [0.1, 0.15) is 6.61 Å². The lowest BCUT2D eigenvalue weighted by Gasteiger charge is -2.02. The molecule has 8 heteroatoms. The summed E-state index contributed by atoms with van der Waals surface area (Å²) < 4.78 is 47.3. The van der Waals surface area contributed by atoms with Crippen molar-refractivity contribution in [1.82, 2.24) is 4.72 Å². The summed E-state index contributed by atoms with van der Waals surface area (Å²) >= 11 is 1.20. The van der Waals surface area contributed by atoms with Gasteiger partial charge in [-0.1, -0.05) is 11.8 Å². The van der Waals surface area contributed by atoms with E-state index in [1.165, 1.54) is 11.3 Å². The first-order valence-electron chi connectivity index (χ1n) is 4.39. The lowest BCUT2D eigenvalue weighted by molar-refractivity contribution is 0.232. The van der Waals surface area contributed by atoms with E-state index in [1.807, 2.05) is 0 Å². The van der Waals surface area contributed by atoms with Gasteiger partial charge in [-0.25, -0.2) is 13.1 Å². The van der Waals surface area contributed by atoms with Crippen LogP contribution in [0.3, 0.4) is 0 Å². The molecule has 94 valence electrons. The van der Waals surface area contributed by atoms with Crippen molar-refractivity contribution >= 4 is 21.4 Å². The predicted octanol–water partition coefficient (Wildman–Crippen LogP) is 0.734. The minimum Gasteiger partial charge on any atom is -0.384 e. The van der Waals surface area contributed by atoms with Gasteiger partial charge in [-0.05, 0) is 6.07 Å². The number of halogens is 2. The number of hydrogen-bond donors (Lipinski definition) is 2. The number of aliphatic hydroxyl groups excluding tert-OH is 1. The minimum atomic E-state index is -4.56. The van der Waals surface area contributed by atoms with E-state index >= 15 is 0 Å². The molecule has 0 unspecified atom stereocenters. The number of hydrogen-bond acceptors (Lipinski definition) is 4. The molecule has 1 rings (SSSR count). The van der Waals surface area contributed by atoms with Crippen LogP contribution in [-0.2, 0) is 16.6 Å². The van der Waals surface area contributed by atoms with Crippen LogP contribution in [-0.4, -0.2) is 25.9 Å². The van der Waals surface area contributed by atoms with E-state index in [9.17, 15) is 17.2 Å². The van der Waals surface area contributed by atoms with Gasteiger partial charge in [0, 0.05) is 22.4 Å². The smallest absolute Gasteiger partial charge is 0.350 e. The molecule has 0 aliphatic carbocycles. The second kappa shape index (κ2) is 6.07. The van der Waals surface area contributed by atoms with E-state index in [1.54, 1.807) is 16.2 Å². The van der Waals surface area contributed by atoms with E-state index in [0.717, 1.165) is 0 Å². The van der Waals surface area contributed by atoms with Gasteiger partial charge in [0.05, 0.1) is 0 Å². The Morgan fingerprint density at radius 3 is 2.82 bits per heavy atom. The van der Waals surface area contributed by atoms with Crippen LogP contribution in [0.4, 0.5) is 8.78 Å². The molecule has 0 radical (unpaired) electrons. The number of alkyl halides is 2. The third kappa shape index (κ3) is 4.40. The van der Waals surface area contributed by atoms with Crippen LogP contribution in [0, 0.1) is 11.8 Å². The fraction of sp³-hybridized carbons (Fsp3) is 0.333. The maximum absolute atomic E-state index is 12.0. The second-order valence-corrected chi connectivity index (χ2v) is 5.62. The predicted molar refractivity (Wildman–Crippen MR) is 60.0 cm³/mol. The van der Waals surface area contributed by atoms with Crippen molar-refractivity contribution in [3.05, 3.63) is 21.9 Å². The Kier molecular flexibility index (Phi) is 5.02. The Labute approximate surface area is 101 Å². The van der Waals surface area contributed by atoms with E-state index in [2.05, 4.69) is 11.8 Å². The normalized spacial score (nSPS) is 11.3. The van der Waals surface area contributed by atoms with Crippen LogP contribution in [0.25, 0.3) is 0 Å². The number of aliphatic hydroxyl groups is 1. The van der Waals surface area contributed by atoms with Gasteiger partial charge in [0.2, 0.25) is 0 Å². The lowest BCUT2D eigenvalue weighted by Crippen LogP contribution is -2.28. The van der Waals surface area contributed by atoms with Crippen molar-refractivity contribution < 1.29 is 22.3 Å². The van der Waals surface area contributed by atoms with Crippen molar-refractivity contribution in [1.29, 1.82) is 0 Å². The van der Waals surface area contributed by atoms with Crippen LogP contribution < -0.4 is 4.72 Å². The van der Waals surface area contributed by atoms with Crippen LogP contribution >= 0.6 is 11.3 Å². The van der Waals surface area contributed by atoms with E-state index < -0.39 is 15.8 Å². The Morgan fingerprint density at radius 1 is 1.53 bits per heavy atom. The number of thiophene rings is 1. The standard InChI is InChI=1S/C9H9F2NO3S2/c10-9(11)17(14,15)12-5-8-4-7(6-16-8)2-1-3-13/h4,6,9,12-13H,3,5H2. The van der Waals surface area contributed by atoms with Gasteiger partial charge in [-0.15, -0.1) is 11.3 Å². The van der Waals surface area contributed by atoms with Crippen molar-refractivity contribution in [3.63, 3.8) is 0 Å². The summed E-state index contributed by atoms with van der Waals surface area (Å²) in [5.41, 5.74) is 0.607. The molecule has 0 aliphatic heterocycles. The topological polar surface area (TPSA) is 66.4 Å². The van der Waals surface area contributed by atoms with E-state index in [4.69, 9.17) is 5.11 Å². The molecule has 0 aromatic carbocycles. The zero-order chi connectivity index (χ0) is 12.9. The molecule has 0 spiro atoms. The zero-order valence-corrected chi connectivity index (χ0v) is 10.1. The summed E-state index contributed by atoms with van der Waals surface area (Å²) in [6, 6.07) is 1.57. The molecule has 1 heterocycles. The van der Waals surface area contributed by atoms with Gasteiger partial charge in [0.25, 0.3) is 10.0 Å². The number of rotatable bonds is 4. The summed E-state index contributed by atoms with van der Waals surface area (Å²) in [4.78, 5) is 0.566. The highest BCUT2D eigenvalue weighted by Crippen LogP contribution is 2.14. The largest absolute Gasteiger partial charge is 0.384 e. The van der Waals surface area contributed by atoms with Gasteiger partial charge in [-0.2, -0.15) is 8.78 Å². The van der Waals surface area contributed by atoms with Gasteiger partial charge in [-0.3, -0.25) is 0 Å². The molecule has 0 saturated carbocycles. The highest BCUT2D eigenvalue weighted by Gasteiger charge is 2.23. The minimum absolute atomic E-state index is 0.196. The van der Waals surface area contributed by atoms with Crippen LogP contribution in [0.2, 0.25) is 0 Å². The fourth-order valence-electron chi connectivity index (χ4n) is 0.915. The first kappa shape index (κ1) is 14.1. The fourth-order valence-corrected chi connectivity index (χ4v) is 2.25. The summed E-state index contributed by atoms with van der Waals surface area (Å²) in [6.45, 7) is -0.471. The average Bonchev–Trinajstić information content (AvgIpc) is 2.71. The molecule has 0 amide bonds. The number of nitrogens with one attached hydrogen (secondary N) is 1. The van der Waals surface area contributed by atoms with Gasteiger partial charge in [0.15, 0.2) is 0 Å². The number of sulfonamides is 1. The second-order valence-electron chi connectivity index (χ2n) is 2.89. The highest BCUT2D eigenvalue weighted by molar-refractivity contribution is 7.89. The molecular weight excluding hydrogens is 272 g/mol. The molecule has 0 bridgehead atoms. The first-order chi connectivity index (χ1) is 7.95. The Morgan fingerprint density at radius 2 is 2.24 bits per heavy atom. The molecule has 1 aromatic rings. The van der Waals surface area contributed by atoms with E-state index in [-0.39, 0.29) is 13.2 Å². The summed E-state index contributed by atoms with van der Waals surface area (Å²) in [6.07, 6.45) is 0. The third-order valence-corrected chi connectivity index (χ3v) is 3.60.